The molecule has 0 aliphatic heterocycles. The normalized spacial score (nSPS) is 13.0. The van der Waals surface area contributed by atoms with Crippen molar-refractivity contribution in [2.24, 2.45) is 5.73 Å². The maximum absolute atomic E-state index is 12.9. The molecule has 1 unspecified atom stereocenters. The zero-order valence-electron chi connectivity index (χ0n) is 9.41. The summed E-state index contributed by atoms with van der Waals surface area (Å²) >= 11 is 0. The molecule has 5 heteroatoms. The molecule has 96 valence electrons. The van der Waals surface area contributed by atoms with E-state index in [0.29, 0.717) is 12.8 Å². The minimum atomic E-state index is -2.45. The van der Waals surface area contributed by atoms with Crippen molar-refractivity contribution < 1.29 is 17.9 Å². The summed E-state index contributed by atoms with van der Waals surface area (Å²) in [6, 6.07) is 5.96. The van der Waals surface area contributed by atoms with E-state index >= 15 is 0 Å². The summed E-state index contributed by atoms with van der Waals surface area (Å²) in [7, 11) is 0. The van der Waals surface area contributed by atoms with Crippen molar-refractivity contribution in [1.82, 2.24) is 0 Å². The van der Waals surface area contributed by atoms with E-state index in [1.807, 2.05) is 0 Å². The Labute approximate surface area is 98.6 Å². The van der Waals surface area contributed by atoms with Crippen molar-refractivity contribution in [2.75, 3.05) is 13.2 Å². The summed E-state index contributed by atoms with van der Waals surface area (Å²) in [4.78, 5) is 0. The van der Waals surface area contributed by atoms with Gasteiger partial charge in [-0.05, 0) is 30.5 Å². The maximum atomic E-state index is 12.9. The summed E-state index contributed by atoms with van der Waals surface area (Å²) in [5.41, 5.74) is 6.58. The third-order valence-electron chi connectivity index (χ3n) is 2.26. The van der Waals surface area contributed by atoms with Crippen LogP contribution in [0.3, 0.4) is 0 Å². The molecule has 0 bridgehead atoms. The molecule has 0 spiro atoms. The van der Waals surface area contributed by atoms with Gasteiger partial charge < -0.3 is 10.5 Å². The van der Waals surface area contributed by atoms with Gasteiger partial charge in [0.25, 0.3) is 6.43 Å². The van der Waals surface area contributed by atoms with Gasteiger partial charge in [-0.15, -0.1) is 0 Å². The second-order valence-electron chi connectivity index (χ2n) is 3.85. The Bertz CT molecular complexity index is 333. The zero-order chi connectivity index (χ0) is 12.7. The molecule has 17 heavy (non-hydrogen) atoms. The predicted octanol–water partition coefficient (Wildman–Crippen LogP) is 2.37. The molecule has 0 radical (unpaired) electrons. The van der Waals surface area contributed by atoms with Crippen molar-refractivity contribution in [3.63, 3.8) is 0 Å². The average molecular weight is 247 g/mol. The third-order valence-corrected chi connectivity index (χ3v) is 2.26. The number of nitrogens with two attached hydrogens (primary N) is 1. The van der Waals surface area contributed by atoms with Gasteiger partial charge in [0.1, 0.15) is 12.4 Å². The molecule has 0 heterocycles. The molecule has 2 nitrogen and oxygen atoms in total. The topological polar surface area (TPSA) is 35.2 Å². The van der Waals surface area contributed by atoms with Crippen molar-refractivity contribution in [3.05, 3.63) is 35.6 Å². The second kappa shape index (κ2) is 7.29. The maximum Gasteiger partial charge on any atom is 0.261 e. The lowest BCUT2D eigenvalue weighted by Crippen LogP contribution is -2.25. The minimum Gasteiger partial charge on any atom is -0.375 e. The quantitative estimate of drug-likeness (QED) is 0.751. The van der Waals surface area contributed by atoms with Gasteiger partial charge in [-0.2, -0.15) is 0 Å². The SMILES string of the molecule is NC(CCOCC(F)F)Cc1cccc(F)c1. The summed E-state index contributed by atoms with van der Waals surface area (Å²) < 4.78 is 41.1. The third kappa shape index (κ3) is 6.28. The highest BCUT2D eigenvalue weighted by molar-refractivity contribution is 5.17. The summed E-state index contributed by atoms with van der Waals surface area (Å²) in [6.07, 6.45) is -1.46. The smallest absolute Gasteiger partial charge is 0.261 e. The Morgan fingerprint density at radius 1 is 1.29 bits per heavy atom. The highest BCUT2D eigenvalue weighted by Crippen LogP contribution is 2.07. The Kier molecular flexibility index (Phi) is 6.00. The largest absolute Gasteiger partial charge is 0.375 e. The first-order valence-corrected chi connectivity index (χ1v) is 5.44. The highest BCUT2D eigenvalue weighted by atomic mass is 19.3. The van der Waals surface area contributed by atoms with E-state index < -0.39 is 13.0 Å². The van der Waals surface area contributed by atoms with Crippen molar-refractivity contribution in [1.29, 1.82) is 0 Å². The average Bonchev–Trinajstić information content (AvgIpc) is 2.24. The molecule has 1 rings (SSSR count). The van der Waals surface area contributed by atoms with Gasteiger partial charge in [0.05, 0.1) is 0 Å². The molecule has 0 aliphatic carbocycles. The summed E-state index contributed by atoms with van der Waals surface area (Å²) in [5, 5.41) is 0. The molecule has 1 aromatic carbocycles. The number of ether oxygens (including phenoxy) is 1. The van der Waals surface area contributed by atoms with Crippen LogP contribution in [0, 0.1) is 5.82 Å². The van der Waals surface area contributed by atoms with Crippen molar-refractivity contribution >= 4 is 0 Å². The molecular formula is C12H16F3NO. The van der Waals surface area contributed by atoms with E-state index in [2.05, 4.69) is 0 Å². The van der Waals surface area contributed by atoms with E-state index in [4.69, 9.17) is 10.5 Å². The molecule has 0 amide bonds. The fourth-order valence-electron chi connectivity index (χ4n) is 1.48. The number of hydrogen-bond donors (Lipinski definition) is 1. The number of benzene rings is 1. The van der Waals surface area contributed by atoms with E-state index in [1.54, 1.807) is 12.1 Å². The molecule has 0 aromatic heterocycles. The molecule has 2 N–H and O–H groups in total. The fourth-order valence-corrected chi connectivity index (χ4v) is 1.48. The molecule has 0 fully saturated rings. The second-order valence-corrected chi connectivity index (χ2v) is 3.85. The van der Waals surface area contributed by atoms with Crippen molar-refractivity contribution in [2.45, 2.75) is 25.3 Å². The van der Waals surface area contributed by atoms with Gasteiger partial charge in [-0.25, -0.2) is 13.2 Å². The van der Waals surface area contributed by atoms with Crippen LogP contribution in [-0.4, -0.2) is 25.7 Å². The Morgan fingerprint density at radius 3 is 2.71 bits per heavy atom. The van der Waals surface area contributed by atoms with Crippen LogP contribution >= 0.6 is 0 Å². The van der Waals surface area contributed by atoms with Gasteiger partial charge in [-0.3, -0.25) is 0 Å². The first kappa shape index (κ1) is 14.0. The Balaban J connectivity index is 2.23. The van der Waals surface area contributed by atoms with Gasteiger partial charge in [-0.1, -0.05) is 12.1 Å². The van der Waals surface area contributed by atoms with E-state index in [9.17, 15) is 13.2 Å². The highest BCUT2D eigenvalue weighted by Gasteiger charge is 2.06. The van der Waals surface area contributed by atoms with Crippen molar-refractivity contribution in [3.8, 4) is 0 Å². The standard InChI is InChI=1S/C12H16F3NO/c13-10-3-1-2-9(6-10)7-11(16)4-5-17-8-12(14)15/h1-3,6,11-12H,4-5,7-8,16H2. The molecule has 1 atom stereocenters. The number of rotatable bonds is 7. The van der Waals surface area contributed by atoms with E-state index in [1.165, 1.54) is 12.1 Å². The van der Waals surface area contributed by atoms with E-state index in [-0.39, 0.29) is 18.5 Å². The molecular weight excluding hydrogens is 231 g/mol. The molecule has 0 aliphatic rings. The molecule has 0 saturated carbocycles. The van der Waals surface area contributed by atoms with Gasteiger partial charge in [0.2, 0.25) is 0 Å². The summed E-state index contributed by atoms with van der Waals surface area (Å²) in [5.74, 6) is -0.302. The first-order chi connectivity index (χ1) is 8.08. The predicted molar refractivity (Wildman–Crippen MR) is 59.5 cm³/mol. The van der Waals surface area contributed by atoms with Gasteiger partial charge in [0, 0.05) is 12.6 Å². The van der Waals surface area contributed by atoms with E-state index in [0.717, 1.165) is 5.56 Å². The van der Waals surface area contributed by atoms with Crippen LogP contribution in [0.1, 0.15) is 12.0 Å². The van der Waals surface area contributed by atoms with Crippen LogP contribution in [0.4, 0.5) is 13.2 Å². The zero-order valence-corrected chi connectivity index (χ0v) is 9.41. The van der Waals surface area contributed by atoms with Crippen LogP contribution in [0.5, 0.6) is 0 Å². The van der Waals surface area contributed by atoms with Gasteiger partial charge in [0.15, 0.2) is 0 Å². The number of hydrogen-bond acceptors (Lipinski definition) is 2. The van der Waals surface area contributed by atoms with Crippen LogP contribution in [0.2, 0.25) is 0 Å². The Morgan fingerprint density at radius 2 is 2.06 bits per heavy atom. The van der Waals surface area contributed by atoms with Crippen LogP contribution in [0.25, 0.3) is 0 Å². The summed E-state index contributed by atoms with van der Waals surface area (Å²) in [6.45, 7) is -0.368. The van der Waals surface area contributed by atoms with Gasteiger partial charge >= 0.3 is 0 Å². The first-order valence-electron chi connectivity index (χ1n) is 5.44. The molecule has 1 aromatic rings. The molecule has 0 saturated heterocycles. The lowest BCUT2D eigenvalue weighted by molar-refractivity contribution is 0.0153. The minimum absolute atomic E-state index is 0.195. The Hall–Kier alpha value is -1.07. The van der Waals surface area contributed by atoms with Crippen LogP contribution in [-0.2, 0) is 11.2 Å². The lowest BCUT2D eigenvalue weighted by atomic mass is 10.0. The monoisotopic (exact) mass is 247 g/mol. The number of alkyl halides is 2. The lowest BCUT2D eigenvalue weighted by Gasteiger charge is -2.11. The number of halogens is 3. The fraction of sp³-hybridized carbons (Fsp3) is 0.500. The van der Waals surface area contributed by atoms with Crippen LogP contribution < -0.4 is 5.73 Å². The van der Waals surface area contributed by atoms with Crippen LogP contribution in [0.15, 0.2) is 24.3 Å².